The zero-order valence-electron chi connectivity index (χ0n) is 11.1. The van der Waals surface area contributed by atoms with Crippen molar-refractivity contribution in [3.63, 3.8) is 0 Å². The summed E-state index contributed by atoms with van der Waals surface area (Å²) in [4.78, 5) is 25.0. The molecule has 0 aliphatic carbocycles. The lowest BCUT2D eigenvalue weighted by Crippen LogP contribution is -2.52. The lowest BCUT2D eigenvalue weighted by Gasteiger charge is -2.28. The van der Waals surface area contributed by atoms with E-state index >= 15 is 0 Å². The second-order valence-electron chi connectivity index (χ2n) is 5.13. The maximum atomic E-state index is 12.4. The van der Waals surface area contributed by atoms with Crippen LogP contribution in [0.25, 0.3) is 0 Å². The van der Waals surface area contributed by atoms with Crippen molar-refractivity contribution in [2.75, 3.05) is 11.4 Å². The minimum absolute atomic E-state index is 0.156. The molecule has 1 aromatic carbocycles. The summed E-state index contributed by atoms with van der Waals surface area (Å²) in [7, 11) is 0. The standard InChI is InChI=1S/C14H18N2O3/c1-3-14(2,15)13(19)16-7-6-9-4-5-10(12(17)18)8-11(9)16/h4-5,8H,3,6-7,15H2,1-2H3,(H,17,18). The number of hydrogen-bond acceptors (Lipinski definition) is 3. The molecule has 3 N–H and O–H groups in total. The summed E-state index contributed by atoms with van der Waals surface area (Å²) in [6.45, 7) is 4.13. The maximum absolute atomic E-state index is 12.4. The van der Waals surface area contributed by atoms with E-state index in [-0.39, 0.29) is 11.5 Å². The van der Waals surface area contributed by atoms with E-state index in [1.54, 1.807) is 30.0 Å². The van der Waals surface area contributed by atoms with E-state index in [0.717, 1.165) is 12.0 Å². The van der Waals surface area contributed by atoms with Crippen LogP contribution in [-0.2, 0) is 11.2 Å². The van der Waals surface area contributed by atoms with E-state index in [9.17, 15) is 9.59 Å². The third kappa shape index (κ3) is 2.33. The van der Waals surface area contributed by atoms with Crippen LogP contribution < -0.4 is 10.6 Å². The van der Waals surface area contributed by atoms with E-state index < -0.39 is 11.5 Å². The highest BCUT2D eigenvalue weighted by molar-refractivity contribution is 6.02. The number of nitrogens with two attached hydrogens (primary N) is 1. The molecule has 102 valence electrons. The van der Waals surface area contributed by atoms with E-state index in [2.05, 4.69) is 0 Å². The molecule has 0 aromatic heterocycles. The fourth-order valence-corrected chi connectivity index (χ4v) is 2.18. The predicted octanol–water partition coefficient (Wildman–Crippen LogP) is 1.40. The Balaban J connectivity index is 2.38. The van der Waals surface area contributed by atoms with Gasteiger partial charge in [0.25, 0.3) is 0 Å². The molecule has 1 aromatic rings. The molecule has 0 radical (unpaired) electrons. The zero-order chi connectivity index (χ0) is 14.2. The summed E-state index contributed by atoms with van der Waals surface area (Å²) in [6, 6.07) is 4.89. The summed E-state index contributed by atoms with van der Waals surface area (Å²) < 4.78 is 0. The number of carboxylic acids is 1. The van der Waals surface area contributed by atoms with Crippen LogP contribution in [0.4, 0.5) is 5.69 Å². The highest BCUT2D eigenvalue weighted by atomic mass is 16.4. The van der Waals surface area contributed by atoms with Gasteiger partial charge in [-0.25, -0.2) is 4.79 Å². The Hall–Kier alpha value is -1.88. The number of aromatic carboxylic acids is 1. The van der Waals surface area contributed by atoms with Crippen molar-refractivity contribution < 1.29 is 14.7 Å². The van der Waals surface area contributed by atoms with E-state index in [0.29, 0.717) is 18.7 Å². The van der Waals surface area contributed by atoms with Gasteiger partial charge in [0, 0.05) is 12.2 Å². The Bertz CT molecular complexity index is 537. The first-order chi connectivity index (χ1) is 8.86. The van der Waals surface area contributed by atoms with Gasteiger partial charge < -0.3 is 15.7 Å². The van der Waals surface area contributed by atoms with Crippen molar-refractivity contribution in [1.82, 2.24) is 0 Å². The normalized spacial score (nSPS) is 16.9. The van der Waals surface area contributed by atoms with Crippen LogP contribution >= 0.6 is 0 Å². The lowest BCUT2D eigenvalue weighted by atomic mass is 9.98. The van der Waals surface area contributed by atoms with Crippen LogP contribution in [0.2, 0.25) is 0 Å². The molecule has 1 aliphatic heterocycles. The summed E-state index contributed by atoms with van der Waals surface area (Å²) in [5.74, 6) is -1.15. The molecule has 0 saturated carbocycles. The summed E-state index contributed by atoms with van der Waals surface area (Å²) in [5.41, 5.74) is 6.93. The first-order valence-corrected chi connectivity index (χ1v) is 6.34. The summed E-state index contributed by atoms with van der Waals surface area (Å²) in [5, 5.41) is 9.02. The van der Waals surface area contributed by atoms with Crippen molar-refractivity contribution in [3.8, 4) is 0 Å². The number of rotatable bonds is 3. The fourth-order valence-electron chi connectivity index (χ4n) is 2.18. The zero-order valence-corrected chi connectivity index (χ0v) is 11.1. The monoisotopic (exact) mass is 262 g/mol. The van der Waals surface area contributed by atoms with Crippen molar-refractivity contribution in [3.05, 3.63) is 29.3 Å². The largest absolute Gasteiger partial charge is 0.478 e. The minimum atomic E-state index is -0.992. The second kappa shape index (κ2) is 4.66. The number of hydrogen-bond donors (Lipinski definition) is 2. The molecule has 0 bridgehead atoms. The molecule has 1 aliphatic rings. The highest BCUT2D eigenvalue weighted by Crippen LogP contribution is 2.31. The number of carboxylic acid groups (broad SMARTS) is 1. The van der Waals surface area contributed by atoms with E-state index in [1.807, 2.05) is 6.92 Å². The number of nitrogens with zero attached hydrogens (tertiary/aromatic N) is 1. The number of fused-ring (bicyclic) bond motifs is 1. The fraction of sp³-hybridized carbons (Fsp3) is 0.429. The SMILES string of the molecule is CCC(C)(N)C(=O)N1CCc2ccc(C(=O)O)cc21. The van der Waals surface area contributed by atoms with Gasteiger partial charge in [0.1, 0.15) is 0 Å². The maximum Gasteiger partial charge on any atom is 0.335 e. The first-order valence-electron chi connectivity index (χ1n) is 6.34. The van der Waals surface area contributed by atoms with E-state index in [4.69, 9.17) is 10.8 Å². The molecule has 2 rings (SSSR count). The van der Waals surface area contributed by atoms with Gasteiger partial charge in [-0.2, -0.15) is 0 Å². The van der Waals surface area contributed by atoms with Crippen molar-refractivity contribution in [2.45, 2.75) is 32.2 Å². The lowest BCUT2D eigenvalue weighted by molar-refractivity contribution is -0.123. The van der Waals surface area contributed by atoms with Gasteiger partial charge in [-0.15, -0.1) is 0 Å². The number of benzene rings is 1. The van der Waals surface area contributed by atoms with Gasteiger partial charge in [-0.1, -0.05) is 13.0 Å². The van der Waals surface area contributed by atoms with Crippen LogP contribution in [0, 0.1) is 0 Å². The third-order valence-electron chi connectivity index (χ3n) is 3.70. The highest BCUT2D eigenvalue weighted by Gasteiger charge is 2.35. The van der Waals surface area contributed by atoms with Gasteiger partial charge in [0.15, 0.2) is 0 Å². The van der Waals surface area contributed by atoms with Gasteiger partial charge in [0.2, 0.25) is 5.91 Å². The smallest absolute Gasteiger partial charge is 0.335 e. The first kappa shape index (κ1) is 13.5. The molecule has 19 heavy (non-hydrogen) atoms. The van der Waals surface area contributed by atoms with Crippen molar-refractivity contribution in [2.24, 2.45) is 5.73 Å². The minimum Gasteiger partial charge on any atom is -0.478 e. The average molecular weight is 262 g/mol. The number of anilines is 1. The Morgan fingerprint density at radius 3 is 2.74 bits per heavy atom. The summed E-state index contributed by atoms with van der Waals surface area (Å²) >= 11 is 0. The molecular formula is C14H18N2O3. The number of amides is 1. The molecule has 1 amide bonds. The van der Waals surface area contributed by atoms with Crippen LogP contribution in [-0.4, -0.2) is 29.1 Å². The van der Waals surface area contributed by atoms with Crippen LogP contribution in [0.3, 0.4) is 0 Å². The quantitative estimate of drug-likeness (QED) is 0.862. The Labute approximate surface area is 112 Å². The Morgan fingerprint density at radius 2 is 2.16 bits per heavy atom. The topological polar surface area (TPSA) is 83.6 Å². The van der Waals surface area contributed by atoms with Crippen LogP contribution in [0.5, 0.6) is 0 Å². The van der Waals surface area contributed by atoms with Gasteiger partial charge >= 0.3 is 5.97 Å². The van der Waals surface area contributed by atoms with Gasteiger partial charge in [-0.05, 0) is 37.5 Å². The number of carbonyl (C=O) groups excluding carboxylic acids is 1. The van der Waals surface area contributed by atoms with E-state index in [1.165, 1.54) is 0 Å². The Morgan fingerprint density at radius 1 is 1.47 bits per heavy atom. The third-order valence-corrected chi connectivity index (χ3v) is 3.70. The summed E-state index contributed by atoms with van der Waals surface area (Å²) in [6.07, 6.45) is 1.27. The van der Waals surface area contributed by atoms with Crippen molar-refractivity contribution >= 4 is 17.6 Å². The molecular weight excluding hydrogens is 244 g/mol. The molecule has 1 unspecified atom stereocenters. The van der Waals surface area contributed by atoms with Gasteiger partial charge in [0.05, 0.1) is 11.1 Å². The average Bonchev–Trinajstić information content (AvgIpc) is 2.80. The predicted molar refractivity (Wildman–Crippen MR) is 72.3 cm³/mol. The molecule has 0 saturated heterocycles. The van der Waals surface area contributed by atoms with Crippen LogP contribution in [0.15, 0.2) is 18.2 Å². The molecule has 1 atom stereocenters. The molecule has 5 nitrogen and oxygen atoms in total. The molecule has 0 spiro atoms. The van der Waals surface area contributed by atoms with Gasteiger partial charge in [-0.3, -0.25) is 4.79 Å². The number of carbonyl (C=O) groups is 2. The Kier molecular flexibility index (Phi) is 3.32. The molecule has 1 heterocycles. The van der Waals surface area contributed by atoms with Crippen LogP contribution in [0.1, 0.15) is 36.2 Å². The molecule has 0 fully saturated rings. The molecule has 5 heteroatoms. The second-order valence-corrected chi connectivity index (χ2v) is 5.13. The van der Waals surface area contributed by atoms with Crippen molar-refractivity contribution in [1.29, 1.82) is 0 Å².